The van der Waals surface area contributed by atoms with Gasteiger partial charge >= 0.3 is 0 Å². The fourth-order valence-corrected chi connectivity index (χ4v) is 1.52. The monoisotopic (exact) mass is 220 g/mol. The molecule has 1 aromatic carbocycles. The maximum Gasteiger partial charge on any atom is 0.126 e. The van der Waals surface area contributed by atoms with Gasteiger partial charge in [0.2, 0.25) is 0 Å². The molecule has 3 heteroatoms. The number of hydrogen-bond donors (Lipinski definition) is 0. The third-order valence-corrected chi connectivity index (χ3v) is 2.99. The molecule has 0 aliphatic heterocycles. The zero-order chi connectivity index (χ0) is 12.3. The summed E-state index contributed by atoms with van der Waals surface area (Å²) < 4.78 is 13.3. The molecule has 0 amide bonds. The van der Waals surface area contributed by atoms with Gasteiger partial charge < -0.3 is 4.90 Å². The van der Waals surface area contributed by atoms with Crippen LogP contribution >= 0.6 is 0 Å². The van der Waals surface area contributed by atoms with Crippen molar-refractivity contribution < 1.29 is 4.39 Å². The van der Waals surface area contributed by atoms with Crippen molar-refractivity contribution in [1.29, 1.82) is 5.26 Å². The molecule has 0 fully saturated rings. The molecular weight excluding hydrogens is 203 g/mol. The Hall–Kier alpha value is -1.56. The van der Waals surface area contributed by atoms with Crippen LogP contribution in [0.25, 0.3) is 0 Å². The summed E-state index contributed by atoms with van der Waals surface area (Å²) in [7, 11) is 1.92. The highest BCUT2D eigenvalue weighted by molar-refractivity contribution is 5.52. The van der Waals surface area contributed by atoms with Crippen LogP contribution in [0.4, 0.5) is 10.1 Å². The third kappa shape index (κ3) is 2.73. The predicted octanol–water partition coefficient (Wildman–Crippen LogP) is 3.18. The minimum absolute atomic E-state index is 0.299. The van der Waals surface area contributed by atoms with Crippen LogP contribution in [0.1, 0.15) is 26.3 Å². The van der Waals surface area contributed by atoms with Crippen LogP contribution < -0.4 is 4.90 Å². The lowest BCUT2D eigenvalue weighted by molar-refractivity contribution is 0.504. The van der Waals surface area contributed by atoms with E-state index in [9.17, 15) is 4.39 Å². The van der Waals surface area contributed by atoms with Gasteiger partial charge in [0.1, 0.15) is 5.82 Å². The summed E-state index contributed by atoms with van der Waals surface area (Å²) in [5, 5.41) is 8.78. The van der Waals surface area contributed by atoms with Crippen LogP contribution in [0.3, 0.4) is 0 Å². The largest absolute Gasteiger partial charge is 0.372 e. The van der Waals surface area contributed by atoms with Gasteiger partial charge in [-0.15, -0.1) is 0 Å². The van der Waals surface area contributed by atoms with Crippen LogP contribution in [0.15, 0.2) is 18.2 Å². The number of benzene rings is 1. The quantitative estimate of drug-likeness (QED) is 0.782. The first-order valence-electron chi connectivity index (χ1n) is 5.39. The summed E-state index contributed by atoms with van der Waals surface area (Å²) in [5.74, 6) is 0.107. The molecule has 0 aromatic heterocycles. The summed E-state index contributed by atoms with van der Waals surface area (Å²) in [4.78, 5) is 1.99. The number of nitriles is 1. The molecule has 1 aromatic rings. The number of anilines is 1. The molecule has 1 rings (SSSR count). The average Bonchev–Trinajstić information content (AvgIpc) is 2.25. The van der Waals surface area contributed by atoms with E-state index in [2.05, 4.69) is 20.8 Å². The van der Waals surface area contributed by atoms with Crippen LogP contribution in [0.5, 0.6) is 0 Å². The molecule has 16 heavy (non-hydrogen) atoms. The first-order valence-corrected chi connectivity index (χ1v) is 5.39. The van der Waals surface area contributed by atoms with Gasteiger partial charge in [0.15, 0.2) is 0 Å². The standard InChI is InChI=1S/C13H17FN2/c1-9(2)10(3)16(4)13-6-11(8-15)5-12(14)7-13/h5-7,9-10H,1-4H3. The topological polar surface area (TPSA) is 27.0 Å². The highest BCUT2D eigenvalue weighted by Gasteiger charge is 2.14. The summed E-state index contributed by atoms with van der Waals surface area (Å²) in [6.07, 6.45) is 0. The molecule has 0 saturated heterocycles. The zero-order valence-electron chi connectivity index (χ0n) is 10.2. The Bertz CT molecular complexity index is 407. The van der Waals surface area contributed by atoms with Crippen molar-refractivity contribution in [2.45, 2.75) is 26.8 Å². The van der Waals surface area contributed by atoms with Crippen molar-refractivity contribution in [2.75, 3.05) is 11.9 Å². The van der Waals surface area contributed by atoms with Crippen molar-refractivity contribution in [3.63, 3.8) is 0 Å². The molecule has 0 saturated carbocycles. The number of hydrogen-bond acceptors (Lipinski definition) is 2. The van der Waals surface area contributed by atoms with Gasteiger partial charge in [0.05, 0.1) is 11.6 Å². The normalized spacial score (nSPS) is 12.3. The average molecular weight is 220 g/mol. The summed E-state index contributed by atoms with van der Waals surface area (Å²) in [5.41, 5.74) is 1.11. The Balaban J connectivity index is 3.04. The van der Waals surface area contributed by atoms with Gasteiger partial charge in [0.25, 0.3) is 0 Å². The maximum absolute atomic E-state index is 13.3. The van der Waals surface area contributed by atoms with Gasteiger partial charge in [0, 0.05) is 18.8 Å². The van der Waals surface area contributed by atoms with E-state index in [1.54, 1.807) is 6.07 Å². The van der Waals surface area contributed by atoms with Crippen LogP contribution in [-0.2, 0) is 0 Å². The third-order valence-electron chi connectivity index (χ3n) is 2.99. The van der Waals surface area contributed by atoms with Crippen molar-refractivity contribution in [2.24, 2.45) is 5.92 Å². The maximum atomic E-state index is 13.3. The summed E-state index contributed by atoms with van der Waals surface area (Å²) in [6.45, 7) is 6.32. The zero-order valence-corrected chi connectivity index (χ0v) is 10.2. The van der Waals surface area contributed by atoms with E-state index in [0.717, 1.165) is 5.69 Å². The molecule has 2 nitrogen and oxygen atoms in total. The molecule has 0 aliphatic carbocycles. The number of nitrogens with zero attached hydrogens (tertiary/aromatic N) is 2. The van der Waals surface area contributed by atoms with Gasteiger partial charge in [-0.25, -0.2) is 4.39 Å². The number of halogens is 1. The van der Waals surface area contributed by atoms with Crippen molar-refractivity contribution in [3.05, 3.63) is 29.6 Å². The lowest BCUT2D eigenvalue weighted by Gasteiger charge is -2.30. The Kier molecular flexibility index (Phi) is 3.89. The second-order valence-corrected chi connectivity index (χ2v) is 4.41. The Morgan fingerprint density at radius 3 is 2.38 bits per heavy atom. The van der Waals surface area contributed by atoms with E-state index >= 15 is 0 Å². The first kappa shape index (κ1) is 12.5. The Morgan fingerprint density at radius 2 is 1.88 bits per heavy atom. The fraction of sp³-hybridized carbons (Fsp3) is 0.462. The number of rotatable bonds is 3. The van der Waals surface area contributed by atoms with Gasteiger partial charge in [-0.2, -0.15) is 5.26 Å². The molecule has 0 spiro atoms. The van der Waals surface area contributed by atoms with Gasteiger partial charge in [-0.3, -0.25) is 0 Å². The lowest BCUT2D eigenvalue weighted by atomic mass is 10.0. The Labute approximate surface area is 96.3 Å². The molecule has 0 heterocycles. The molecule has 0 bridgehead atoms. The van der Waals surface area contributed by atoms with Crippen LogP contribution in [0.2, 0.25) is 0 Å². The molecule has 1 atom stereocenters. The molecular formula is C13H17FN2. The minimum atomic E-state index is -0.364. The highest BCUT2D eigenvalue weighted by Crippen LogP contribution is 2.21. The first-order chi connectivity index (χ1) is 7.45. The van der Waals surface area contributed by atoms with Crippen molar-refractivity contribution in [1.82, 2.24) is 0 Å². The van der Waals surface area contributed by atoms with E-state index in [4.69, 9.17) is 5.26 Å². The van der Waals surface area contributed by atoms with E-state index in [0.29, 0.717) is 17.5 Å². The second-order valence-electron chi connectivity index (χ2n) is 4.41. The summed E-state index contributed by atoms with van der Waals surface area (Å²) in [6, 6.07) is 6.68. The van der Waals surface area contributed by atoms with Crippen molar-refractivity contribution >= 4 is 5.69 Å². The van der Waals surface area contributed by atoms with Crippen LogP contribution in [-0.4, -0.2) is 13.1 Å². The lowest BCUT2D eigenvalue weighted by Crippen LogP contribution is -2.33. The highest BCUT2D eigenvalue weighted by atomic mass is 19.1. The predicted molar refractivity (Wildman–Crippen MR) is 63.8 cm³/mol. The van der Waals surface area contributed by atoms with E-state index in [-0.39, 0.29) is 5.82 Å². The molecule has 0 aliphatic rings. The smallest absolute Gasteiger partial charge is 0.126 e. The molecule has 1 unspecified atom stereocenters. The van der Waals surface area contributed by atoms with Crippen molar-refractivity contribution in [3.8, 4) is 6.07 Å². The Morgan fingerprint density at radius 1 is 1.25 bits per heavy atom. The SMILES string of the molecule is CC(C)C(C)N(C)c1cc(F)cc(C#N)c1. The van der Waals surface area contributed by atoms with Crippen LogP contribution in [0, 0.1) is 23.1 Å². The second kappa shape index (κ2) is 4.98. The molecule has 86 valence electrons. The van der Waals surface area contributed by atoms with Gasteiger partial charge in [-0.05, 0) is 31.0 Å². The minimum Gasteiger partial charge on any atom is -0.372 e. The molecule has 0 N–H and O–H groups in total. The van der Waals surface area contributed by atoms with E-state index in [1.165, 1.54) is 12.1 Å². The fourth-order valence-electron chi connectivity index (χ4n) is 1.52. The summed E-state index contributed by atoms with van der Waals surface area (Å²) >= 11 is 0. The van der Waals surface area contributed by atoms with E-state index in [1.807, 2.05) is 18.0 Å². The molecule has 0 radical (unpaired) electrons. The van der Waals surface area contributed by atoms with E-state index < -0.39 is 0 Å². The van der Waals surface area contributed by atoms with Gasteiger partial charge in [-0.1, -0.05) is 13.8 Å².